The van der Waals surface area contributed by atoms with Gasteiger partial charge in [-0.1, -0.05) is 48.2 Å². The molecule has 0 aliphatic carbocycles. The van der Waals surface area contributed by atoms with Gasteiger partial charge >= 0.3 is 0 Å². The van der Waals surface area contributed by atoms with Crippen LogP contribution in [-0.4, -0.2) is 49.3 Å². The Labute approximate surface area is 207 Å². The third-order valence-corrected chi connectivity index (χ3v) is 7.29. The molecular weight excluding hydrogens is 436 g/mol. The molecule has 5 rings (SSSR count). The zero-order valence-electron chi connectivity index (χ0n) is 20.1. The highest BCUT2D eigenvalue weighted by atomic mass is 16.5. The summed E-state index contributed by atoms with van der Waals surface area (Å²) in [5, 5.41) is 10.2. The zero-order valence-corrected chi connectivity index (χ0v) is 20.1. The molecule has 0 saturated carbocycles. The second kappa shape index (κ2) is 9.85. The van der Waals surface area contributed by atoms with Crippen molar-refractivity contribution in [1.29, 1.82) is 0 Å². The molecule has 35 heavy (non-hydrogen) atoms. The minimum atomic E-state index is -0.0619. The van der Waals surface area contributed by atoms with Crippen molar-refractivity contribution in [3.05, 3.63) is 95.1 Å². The highest BCUT2D eigenvalue weighted by molar-refractivity contribution is 5.80. The maximum Gasteiger partial charge on any atom is 0.227 e. The summed E-state index contributed by atoms with van der Waals surface area (Å²) >= 11 is 0. The molecule has 1 amide bonds. The first kappa shape index (κ1) is 23.0. The van der Waals surface area contributed by atoms with E-state index in [1.54, 1.807) is 7.11 Å². The molecule has 1 fully saturated rings. The van der Waals surface area contributed by atoms with E-state index in [-0.39, 0.29) is 30.5 Å². The van der Waals surface area contributed by atoms with Gasteiger partial charge in [-0.3, -0.25) is 4.79 Å². The van der Waals surface area contributed by atoms with E-state index in [1.165, 1.54) is 0 Å². The summed E-state index contributed by atoms with van der Waals surface area (Å²) < 4.78 is 5.31. The molecule has 0 bridgehead atoms. The fourth-order valence-corrected chi connectivity index (χ4v) is 5.53. The number of amides is 1. The molecule has 1 saturated heterocycles. The average molecular weight is 467 g/mol. The number of rotatable bonds is 4. The van der Waals surface area contributed by atoms with Crippen LogP contribution in [0.1, 0.15) is 34.7 Å². The Balaban J connectivity index is 1.49. The molecule has 1 N–H and O–H groups in total. The largest absolute Gasteiger partial charge is 0.497 e. The van der Waals surface area contributed by atoms with Crippen LogP contribution in [0, 0.1) is 17.8 Å². The smallest absolute Gasteiger partial charge is 0.227 e. The Bertz CT molecular complexity index is 1280. The van der Waals surface area contributed by atoms with Crippen molar-refractivity contribution < 1.29 is 14.6 Å². The highest BCUT2D eigenvalue weighted by Gasteiger charge is 2.47. The van der Waals surface area contributed by atoms with Crippen molar-refractivity contribution in [2.45, 2.75) is 24.9 Å². The maximum absolute atomic E-state index is 13.4. The lowest BCUT2D eigenvalue weighted by atomic mass is 9.81. The van der Waals surface area contributed by atoms with Crippen LogP contribution in [0.4, 0.5) is 5.69 Å². The SMILES string of the molecule is COc1cccc(C#Cc2ccc3c(c2)[C@H]2[C@H](CCN2C(=O)Cc2ccccc2)[C@@H](CO)N3C)c1. The normalized spacial score (nSPS) is 20.5. The first-order valence-corrected chi connectivity index (χ1v) is 12.1. The summed E-state index contributed by atoms with van der Waals surface area (Å²) in [4.78, 5) is 17.6. The molecule has 2 heterocycles. The van der Waals surface area contributed by atoms with E-state index >= 15 is 0 Å². The minimum Gasteiger partial charge on any atom is -0.497 e. The lowest BCUT2D eigenvalue weighted by Crippen LogP contribution is -2.48. The number of likely N-dealkylation sites (tertiary alicyclic amines) is 1. The van der Waals surface area contributed by atoms with E-state index in [1.807, 2.05) is 72.6 Å². The van der Waals surface area contributed by atoms with Crippen LogP contribution in [0.5, 0.6) is 5.75 Å². The molecule has 0 spiro atoms. The minimum absolute atomic E-state index is 0.0178. The van der Waals surface area contributed by atoms with Gasteiger partial charge in [0.05, 0.1) is 32.2 Å². The number of fused-ring (bicyclic) bond motifs is 3. The summed E-state index contributed by atoms with van der Waals surface area (Å²) in [6, 6.07) is 23.7. The molecule has 5 nitrogen and oxygen atoms in total. The van der Waals surface area contributed by atoms with Crippen LogP contribution in [-0.2, 0) is 11.2 Å². The van der Waals surface area contributed by atoms with Gasteiger partial charge in [-0.25, -0.2) is 0 Å². The number of anilines is 1. The lowest BCUT2D eigenvalue weighted by Gasteiger charge is -2.44. The number of benzene rings is 3. The van der Waals surface area contributed by atoms with Crippen LogP contribution in [0.25, 0.3) is 0 Å². The number of nitrogens with zero attached hydrogens (tertiary/aromatic N) is 2. The zero-order chi connectivity index (χ0) is 24.4. The van der Waals surface area contributed by atoms with Crippen molar-refractivity contribution >= 4 is 11.6 Å². The van der Waals surface area contributed by atoms with Crippen LogP contribution in [0.15, 0.2) is 72.8 Å². The van der Waals surface area contributed by atoms with E-state index in [0.717, 1.165) is 40.1 Å². The molecule has 5 heteroatoms. The first-order valence-electron chi connectivity index (χ1n) is 12.1. The van der Waals surface area contributed by atoms with Crippen LogP contribution < -0.4 is 9.64 Å². The number of methoxy groups -OCH3 is 1. The maximum atomic E-state index is 13.4. The predicted molar refractivity (Wildman–Crippen MR) is 137 cm³/mol. The number of likely N-dealkylation sites (N-methyl/N-ethyl adjacent to an activating group) is 1. The van der Waals surface area contributed by atoms with Crippen molar-refractivity contribution in [2.75, 3.05) is 32.2 Å². The number of aliphatic hydroxyl groups is 1. The quantitative estimate of drug-likeness (QED) is 0.590. The molecule has 2 aliphatic heterocycles. The van der Waals surface area contributed by atoms with Gasteiger partial charge in [-0.2, -0.15) is 0 Å². The van der Waals surface area contributed by atoms with Crippen LogP contribution >= 0.6 is 0 Å². The molecular formula is C30H30N2O3. The third-order valence-electron chi connectivity index (χ3n) is 7.29. The van der Waals surface area contributed by atoms with Gasteiger partial charge in [-0.05, 0) is 53.9 Å². The molecule has 3 aromatic carbocycles. The Morgan fingerprint density at radius 3 is 2.54 bits per heavy atom. The Morgan fingerprint density at radius 1 is 1.03 bits per heavy atom. The van der Waals surface area contributed by atoms with E-state index in [9.17, 15) is 9.90 Å². The summed E-state index contributed by atoms with van der Waals surface area (Å²) in [5.41, 5.74) is 4.97. The Kier molecular flexibility index (Phi) is 6.48. The van der Waals surface area contributed by atoms with E-state index in [4.69, 9.17) is 4.74 Å². The van der Waals surface area contributed by atoms with Crippen LogP contribution in [0.3, 0.4) is 0 Å². The Hall–Kier alpha value is -3.75. The number of hydrogen-bond acceptors (Lipinski definition) is 4. The molecule has 0 radical (unpaired) electrons. The molecule has 3 aromatic rings. The standard InChI is InChI=1S/C30H30N2O3/c1-31-27-14-13-23(12-11-22-9-6-10-24(17-22)35-2)18-26(27)30-25(28(31)20-33)15-16-32(30)29(34)19-21-7-4-3-5-8-21/h3-10,13-14,17-18,25,28,30,33H,15-16,19-20H2,1-2H3/t25-,28-,30-/m1/s1. The van der Waals surface area contributed by atoms with Crippen molar-refractivity contribution in [1.82, 2.24) is 4.90 Å². The van der Waals surface area contributed by atoms with Crippen LogP contribution in [0.2, 0.25) is 0 Å². The van der Waals surface area contributed by atoms with Crippen molar-refractivity contribution in [3.63, 3.8) is 0 Å². The summed E-state index contributed by atoms with van der Waals surface area (Å²) in [6.07, 6.45) is 1.26. The molecule has 3 atom stereocenters. The third kappa shape index (κ3) is 4.50. The summed E-state index contributed by atoms with van der Waals surface area (Å²) in [5.74, 6) is 7.61. The Morgan fingerprint density at radius 2 is 1.80 bits per heavy atom. The lowest BCUT2D eigenvalue weighted by molar-refractivity contribution is -0.132. The van der Waals surface area contributed by atoms with E-state index < -0.39 is 0 Å². The molecule has 0 aromatic heterocycles. The van der Waals surface area contributed by atoms with Gasteiger partial charge < -0.3 is 19.6 Å². The summed E-state index contributed by atoms with van der Waals surface area (Å²) in [7, 11) is 3.68. The fourth-order valence-electron chi connectivity index (χ4n) is 5.53. The fraction of sp³-hybridized carbons (Fsp3) is 0.300. The van der Waals surface area contributed by atoms with Gasteiger partial charge in [0.1, 0.15) is 5.75 Å². The number of carbonyl (C=O) groups excluding carboxylic acids is 1. The van der Waals surface area contributed by atoms with Gasteiger partial charge in [-0.15, -0.1) is 0 Å². The second-order valence-corrected chi connectivity index (χ2v) is 9.26. The topological polar surface area (TPSA) is 53.0 Å². The van der Waals surface area contributed by atoms with Gasteiger partial charge in [0.2, 0.25) is 5.91 Å². The number of carbonyl (C=O) groups is 1. The second-order valence-electron chi connectivity index (χ2n) is 9.26. The molecule has 178 valence electrons. The number of ether oxygens (including phenoxy) is 1. The first-order chi connectivity index (χ1) is 17.1. The van der Waals surface area contributed by atoms with Gasteiger partial charge in [0.25, 0.3) is 0 Å². The molecule has 0 unspecified atom stereocenters. The summed E-state index contributed by atoms with van der Waals surface area (Å²) in [6.45, 7) is 0.764. The molecule has 2 aliphatic rings. The highest BCUT2D eigenvalue weighted by Crippen LogP contribution is 2.48. The number of hydrogen-bond donors (Lipinski definition) is 1. The van der Waals surface area contributed by atoms with Crippen molar-refractivity contribution in [3.8, 4) is 17.6 Å². The van der Waals surface area contributed by atoms with E-state index in [0.29, 0.717) is 13.0 Å². The monoisotopic (exact) mass is 466 g/mol. The average Bonchev–Trinajstić information content (AvgIpc) is 3.34. The number of aliphatic hydroxyl groups excluding tert-OH is 1. The van der Waals surface area contributed by atoms with Crippen molar-refractivity contribution in [2.24, 2.45) is 5.92 Å². The van der Waals surface area contributed by atoms with Gasteiger partial charge in [0, 0.05) is 36.3 Å². The predicted octanol–water partition coefficient (Wildman–Crippen LogP) is 4.04. The van der Waals surface area contributed by atoms with E-state index in [2.05, 4.69) is 28.9 Å². The van der Waals surface area contributed by atoms with Gasteiger partial charge in [0.15, 0.2) is 0 Å².